The largest absolute Gasteiger partial charge is 0.416 e. The van der Waals surface area contributed by atoms with E-state index in [4.69, 9.17) is 5.73 Å². The topological polar surface area (TPSA) is 106 Å². The van der Waals surface area contributed by atoms with Crippen LogP contribution in [0.4, 0.5) is 13.2 Å². The van der Waals surface area contributed by atoms with Gasteiger partial charge < -0.3 is 11.1 Å². The van der Waals surface area contributed by atoms with E-state index in [0.29, 0.717) is 0 Å². The number of amides is 2. The molecule has 0 aliphatic carbocycles. The van der Waals surface area contributed by atoms with Crippen LogP contribution in [0.3, 0.4) is 0 Å². The third kappa shape index (κ3) is 6.60. The summed E-state index contributed by atoms with van der Waals surface area (Å²) in [6, 6.07) is 10.5. The van der Waals surface area contributed by atoms with Gasteiger partial charge in [0.25, 0.3) is 0 Å². The van der Waals surface area contributed by atoms with Crippen LogP contribution in [0.15, 0.2) is 59.5 Å². The SMILES string of the molecule is NC(=O)[C@@H](CCS(=O)(=O)c1ccccc1)NC(=O)Cc1cccc(C(F)(F)F)c1. The summed E-state index contributed by atoms with van der Waals surface area (Å²) in [6.07, 6.45) is -5.23. The van der Waals surface area contributed by atoms with Crippen molar-refractivity contribution in [3.63, 3.8) is 0 Å². The lowest BCUT2D eigenvalue weighted by Gasteiger charge is -2.16. The lowest BCUT2D eigenvalue weighted by molar-refractivity contribution is -0.137. The molecule has 0 unspecified atom stereocenters. The Balaban J connectivity index is 2.02. The third-order valence-corrected chi connectivity index (χ3v) is 5.84. The summed E-state index contributed by atoms with van der Waals surface area (Å²) < 4.78 is 62.9. The lowest BCUT2D eigenvalue weighted by Crippen LogP contribution is -2.45. The van der Waals surface area contributed by atoms with Gasteiger partial charge in [0.1, 0.15) is 6.04 Å². The van der Waals surface area contributed by atoms with Crippen molar-refractivity contribution >= 4 is 21.7 Å². The molecule has 6 nitrogen and oxygen atoms in total. The second-order valence-electron chi connectivity index (χ2n) is 6.32. The highest BCUT2D eigenvalue weighted by Gasteiger charge is 2.30. The van der Waals surface area contributed by atoms with E-state index in [1.165, 1.54) is 24.3 Å². The number of carbonyl (C=O) groups excluding carboxylic acids is 2. The van der Waals surface area contributed by atoms with Crippen molar-refractivity contribution in [2.24, 2.45) is 5.73 Å². The first-order chi connectivity index (χ1) is 13.5. The van der Waals surface area contributed by atoms with Crippen molar-refractivity contribution in [3.05, 3.63) is 65.7 Å². The molecular formula is C19H19F3N2O4S. The molecule has 0 saturated heterocycles. The van der Waals surface area contributed by atoms with Crippen LogP contribution in [-0.4, -0.2) is 32.0 Å². The van der Waals surface area contributed by atoms with Crippen LogP contribution in [0.1, 0.15) is 17.5 Å². The summed E-state index contributed by atoms with van der Waals surface area (Å²) in [6.45, 7) is 0. The van der Waals surface area contributed by atoms with E-state index in [2.05, 4.69) is 5.32 Å². The van der Waals surface area contributed by atoms with Gasteiger partial charge in [0, 0.05) is 0 Å². The summed E-state index contributed by atoms with van der Waals surface area (Å²) in [7, 11) is -3.69. The number of benzene rings is 2. The maximum Gasteiger partial charge on any atom is 0.416 e. The number of rotatable bonds is 8. The van der Waals surface area contributed by atoms with Gasteiger partial charge in [0.05, 0.1) is 22.6 Å². The standard InChI is InChI=1S/C19H19F3N2O4S/c20-19(21,22)14-6-4-5-13(11-14)12-17(25)24-16(18(23)26)9-10-29(27,28)15-7-2-1-3-8-15/h1-8,11,16H,9-10,12H2,(H2,23,26)(H,24,25)/t16-/m1/s1. The predicted molar refractivity (Wildman–Crippen MR) is 99.4 cm³/mol. The molecule has 2 amide bonds. The number of sulfone groups is 1. The maximum atomic E-state index is 12.8. The molecule has 0 heterocycles. The van der Waals surface area contributed by atoms with E-state index >= 15 is 0 Å². The Labute approximate surface area is 165 Å². The molecule has 0 bridgehead atoms. The van der Waals surface area contributed by atoms with Gasteiger partial charge in [0.2, 0.25) is 11.8 Å². The van der Waals surface area contributed by atoms with E-state index < -0.39 is 51.6 Å². The Bertz CT molecular complexity index is 976. The first-order valence-electron chi connectivity index (χ1n) is 8.51. The molecule has 1 atom stereocenters. The van der Waals surface area contributed by atoms with E-state index in [1.54, 1.807) is 18.2 Å². The molecule has 2 aromatic rings. The molecule has 0 aliphatic rings. The minimum absolute atomic E-state index is 0.0681. The summed E-state index contributed by atoms with van der Waals surface area (Å²) in [5, 5.41) is 2.29. The molecule has 0 spiro atoms. The minimum Gasteiger partial charge on any atom is -0.368 e. The van der Waals surface area contributed by atoms with E-state index in [-0.39, 0.29) is 16.9 Å². The smallest absolute Gasteiger partial charge is 0.368 e. The fourth-order valence-corrected chi connectivity index (χ4v) is 3.95. The molecule has 2 aromatic carbocycles. The molecule has 0 fully saturated rings. The lowest BCUT2D eigenvalue weighted by atomic mass is 10.1. The van der Waals surface area contributed by atoms with Crippen LogP contribution in [0.2, 0.25) is 0 Å². The highest BCUT2D eigenvalue weighted by molar-refractivity contribution is 7.91. The van der Waals surface area contributed by atoms with Gasteiger partial charge in [-0.2, -0.15) is 13.2 Å². The number of hydrogen-bond donors (Lipinski definition) is 2. The van der Waals surface area contributed by atoms with Crippen LogP contribution < -0.4 is 11.1 Å². The third-order valence-electron chi connectivity index (χ3n) is 4.08. The molecule has 10 heteroatoms. The van der Waals surface area contributed by atoms with Crippen LogP contribution in [0, 0.1) is 0 Å². The molecule has 156 valence electrons. The summed E-state index contributed by atoms with van der Waals surface area (Å²) in [5.41, 5.74) is 4.43. The summed E-state index contributed by atoms with van der Waals surface area (Å²) in [5.74, 6) is -2.12. The van der Waals surface area contributed by atoms with Gasteiger partial charge in [-0.3, -0.25) is 9.59 Å². The maximum absolute atomic E-state index is 12.8. The van der Waals surface area contributed by atoms with Crippen molar-refractivity contribution in [2.75, 3.05) is 5.75 Å². The molecule has 0 saturated carbocycles. The number of carbonyl (C=O) groups is 2. The summed E-state index contributed by atoms with van der Waals surface area (Å²) in [4.78, 5) is 23.8. The molecule has 3 N–H and O–H groups in total. The highest BCUT2D eigenvalue weighted by atomic mass is 32.2. The van der Waals surface area contributed by atoms with Crippen LogP contribution >= 0.6 is 0 Å². The molecule has 0 radical (unpaired) electrons. The van der Waals surface area contributed by atoms with Crippen molar-refractivity contribution in [3.8, 4) is 0 Å². The average molecular weight is 428 g/mol. The Morgan fingerprint density at radius 1 is 1.03 bits per heavy atom. The fourth-order valence-electron chi connectivity index (χ4n) is 2.59. The van der Waals surface area contributed by atoms with E-state index in [1.807, 2.05) is 0 Å². The normalized spacial score (nSPS) is 12.9. The monoisotopic (exact) mass is 428 g/mol. The molecule has 0 aromatic heterocycles. The van der Waals surface area contributed by atoms with Gasteiger partial charge in [0.15, 0.2) is 9.84 Å². The number of primary amides is 1. The average Bonchev–Trinajstić information content (AvgIpc) is 2.65. The first kappa shape index (κ1) is 22.4. The molecule has 2 rings (SSSR count). The zero-order chi connectivity index (χ0) is 21.7. The number of alkyl halides is 3. The van der Waals surface area contributed by atoms with Gasteiger partial charge in [-0.15, -0.1) is 0 Å². The van der Waals surface area contributed by atoms with Gasteiger partial charge in [-0.1, -0.05) is 36.4 Å². The predicted octanol–water partition coefficient (Wildman–Crippen LogP) is 2.08. The van der Waals surface area contributed by atoms with Crippen LogP contribution in [0.25, 0.3) is 0 Å². The molecule has 0 aliphatic heterocycles. The Hall–Kier alpha value is -2.88. The molecular weight excluding hydrogens is 409 g/mol. The molecule has 29 heavy (non-hydrogen) atoms. The van der Waals surface area contributed by atoms with E-state index in [0.717, 1.165) is 12.1 Å². The van der Waals surface area contributed by atoms with Gasteiger partial charge >= 0.3 is 6.18 Å². The second-order valence-corrected chi connectivity index (χ2v) is 8.43. The summed E-state index contributed by atoms with van der Waals surface area (Å²) >= 11 is 0. The van der Waals surface area contributed by atoms with Gasteiger partial charge in [-0.05, 0) is 30.2 Å². The Morgan fingerprint density at radius 2 is 1.69 bits per heavy atom. The van der Waals surface area contributed by atoms with Crippen molar-refractivity contribution in [1.82, 2.24) is 5.32 Å². The zero-order valence-corrected chi connectivity index (χ0v) is 16.0. The van der Waals surface area contributed by atoms with Crippen molar-refractivity contribution in [1.29, 1.82) is 0 Å². The van der Waals surface area contributed by atoms with Gasteiger partial charge in [-0.25, -0.2) is 8.42 Å². The van der Waals surface area contributed by atoms with Crippen molar-refractivity contribution < 1.29 is 31.2 Å². The number of hydrogen-bond acceptors (Lipinski definition) is 4. The zero-order valence-electron chi connectivity index (χ0n) is 15.1. The Morgan fingerprint density at radius 3 is 2.28 bits per heavy atom. The number of nitrogens with one attached hydrogen (secondary N) is 1. The van der Waals surface area contributed by atoms with E-state index in [9.17, 15) is 31.2 Å². The Kier molecular flexibility index (Phi) is 7.02. The fraction of sp³-hybridized carbons (Fsp3) is 0.263. The number of nitrogens with two attached hydrogens (primary N) is 1. The van der Waals surface area contributed by atoms with Crippen molar-refractivity contribution in [2.45, 2.75) is 30.0 Å². The highest BCUT2D eigenvalue weighted by Crippen LogP contribution is 2.29. The van der Waals surface area contributed by atoms with Crippen LogP contribution in [0.5, 0.6) is 0 Å². The number of halogens is 3. The first-order valence-corrected chi connectivity index (χ1v) is 10.2. The minimum atomic E-state index is -4.55. The second kappa shape index (κ2) is 9.08. The van der Waals surface area contributed by atoms with Crippen LogP contribution in [-0.2, 0) is 32.0 Å². The quantitative estimate of drug-likeness (QED) is 0.671.